The summed E-state index contributed by atoms with van der Waals surface area (Å²) >= 11 is 0. The Morgan fingerprint density at radius 1 is 0.559 bits per heavy atom. The predicted octanol–water partition coefficient (Wildman–Crippen LogP) is 13.4. The maximum absolute atomic E-state index is 5.14. The lowest BCUT2D eigenvalue weighted by Crippen LogP contribution is -2.33. The molecule has 0 atom stereocenters. The van der Waals surface area contributed by atoms with Gasteiger partial charge in [-0.1, -0.05) is 202 Å². The van der Waals surface area contributed by atoms with Crippen LogP contribution in [0.2, 0.25) is 6.82 Å². The summed E-state index contributed by atoms with van der Waals surface area (Å²) < 4.78 is 4.94. The Labute approximate surface area is 364 Å². The quantitative estimate of drug-likeness (QED) is 0.115. The second kappa shape index (κ2) is 25.9. The zero-order valence-electron chi connectivity index (χ0n) is 39.7. The monoisotopic (exact) mass is 787 g/mol. The first-order valence-electron chi connectivity index (χ1n) is 22.3. The van der Waals surface area contributed by atoms with Crippen molar-refractivity contribution in [3.63, 3.8) is 0 Å². The van der Waals surface area contributed by atoms with Crippen LogP contribution in [-0.4, -0.2) is 27.8 Å². The number of benzene rings is 4. The molecule has 312 valence electrons. The average molecular weight is 787 g/mol. The molecule has 3 heteroatoms. The molecule has 1 heterocycles. The fraction of sp³-hybridized carbons (Fsp3) is 0.429. The maximum atomic E-state index is 5.14. The molecule has 1 saturated heterocycles. The Kier molecular flexibility index (Phi) is 22.3. The molecule has 0 N–H and O–H groups in total. The molecule has 0 bridgehead atoms. The van der Waals surface area contributed by atoms with E-state index >= 15 is 0 Å². The van der Waals surface area contributed by atoms with Crippen molar-refractivity contribution in [3.8, 4) is 24.7 Å². The zero-order chi connectivity index (χ0) is 44.2. The molecule has 59 heavy (non-hydrogen) atoms. The molecule has 0 unspecified atom stereocenters. The minimum absolute atomic E-state index is 0.395. The summed E-state index contributed by atoms with van der Waals surface area (Å²) in [5, 5.41) is 0. The first-order chi connectivity index (χ1) is 27.9. The van der Waals surface area contributed by atoms with Crippen LogP contribution < -0.4 is 10.9 Å². The number of terminal acetylenes is 2. The van der Waals surface area contributed by atoms with Crippen molar-refractivity contribution in [2.45, 2.75) is 145 Å². The van der Waals surface area contributed by atoms with Crippen LogP contribution in [0.1, 0.15) is 194 Å². The van der Waals surface area contributed by atoms with Crippen LogP contribution in [0, 0.1) is 24.7 Å². The summed E-state index contributed by atoms with van der Waals surface area (Å²) in [5.41, 5.74) is 16.3. The van der Waals surface area contributed by atoms with E-state index in [1.54, 1.807) is 0 Å². The Morgan fingerprint density at radius 3 is 1.20 bits per heavy atom. The van der Waals surface area contributed by atoms with Gasteiger partial charge in [-0.3, -0.25) is 0 Å². The predicted molar refractivity (Wildman–Crippen MR) is 269 cm³/mol. The summed E-state index contributed by atoms with van der Waals surface area (Å²) in [5.74, 6) is 10.9. The Hall–Kier alpha value is -4.43. The van der Waals surface area contributed by atoms with Gasteiger partial charge in [0.05, 0.1) is 0 Å². The van der Waals surface area contributed by atoms with Crippen molar-refractivity contribution in [2.24, 2.45) is 0 Å². The van der Waals surface area contributed by atoms with Gasteiger partial charge in [-0.2, -0.15) is 0 Å². The third-order valence-corrected chi connectivity index (χ3v) is 11.0. The van der Waals surface area contributed by atoms with E-state index in [9.17, 15) is 0 Å². The summed E-state index contributed by atoms with van der Waals surface area (Å²) in [4.78, 5) is 0. The van der Waals surface area contributed by atoms with Gasteiger partial charge in [0.25, 0.3) is 0 Å². The van der Waals surface area contributed by atoms with Crippen molar-refractivity contribution >= 4 is 37.6 Å². The molecule has 0 amide bonds. The van der Waals surface area contributed by atoms with E-state index in [4.69, 9.17) is 17.6 Å². The summed E-state index contributed by atoms with van der Waals surface area (Å²) in [7, 11) is 2.27. The maximum Gasteiger partial charge on any atom is 0.198 e. The fourth-order valence-corrected chi connectivity index (χ4v) is 7.29. The van der Waals surface area contributed by atoms with E-state index in [0.717, 1.165) is 24.3 Å². The molecule has 0 aliphatic carbocycles. The van der Waals surface area contributed by atoms with Gasteiger partial charge in [0.1, 0.15) is 7.85 Å². The second-order valence-electron chi connectivity index (χ2n) is 17.9. The number of hydrogen-bond donors (Lipinski definition) is 0. The minimum atomic E-state index is 0.395. The minimum Gasteiger partial charge on any atom is -0.381 e. The molecule has 4 aromatic carbocycles. The summed E-state index contributed by atoms with van der Waals surface area (Å²) in [6.45, 7) is 34.4. The van der Waals surface area contributed by atoms with Crippen molar-refractivity contribution in [2.75, 3.05) is 13.2 Å². The van der Waals surface area contributed by atoms with E-state index in [1.165, 1.54) is 68.3 Å². The highest BCUT2D eigenvalue weighted by Crippen LogP contribution is 2.27. The van der Waals surface area contributed by atoms with Gasteiger partial charge < -0.3 is 4.74 Å². The molecule has 0 saturated carbocycles. The average Bonchev–Trinajstić information content (AvgIpc) is 3.81. The number of ether oxygens (including phenoxy) is 1. The summed E-state index contributed by atoms with van der Waals surface area (Å²) in [6, 6.07) is 25.8. The second-order valence-corrected chi connectivity index (χ2v) is 17.9. The SMILES string of the molecule is Bc1c(C(C)C)cc(C(C)C)cc1C(C)C.C#Cc1ccc(C#C)cc1.C/C=C/c1ccc(/C=C/B(C)c2c(C(C)C)cc(C(C)C)cc2C(C)C)cc1.C1CCOC1. The highest BCUT2D eigenvalue weighted by Gasteiger charge is 2.21. The van der Waals surface area contributed by atoms with Crippen molar-refractivity contribution in [3.05, 3.63) is 140 Å². The first-order valence-corrected chi connectivity index (χ1v) is 22.3. The molecule has 0 aromatic heterocycles. The standard InChI is InChI=1S/C27H37B.C15H25B.C10H6.C4H8O/c1-9-10-22-11-13-23(14-12-22)15-16-28(8)27-25(20(4)5)17-24(19(2)3)18-26(27)21(6)7;1-9(2)12-7-13(10(3)4)15(16)14(8-12)11(5)6;1-3-9-5-7-10(4-2)8-6-9;1-2-4-5-3-1/h9-21H,1-8H3;7-11H,16H2,1-6H3;1-2,5-8H;1-4H2/b10-9+,16-15+;;;. The lowest BCUT2D eigenvalue weighted by atomic mass is 9.44. The molecule has 1 aliphatic rings. The van der Waals surface area contributed by atoms with Crippen LogP contribution in [0.3, 0.4) is 0 Å². The molecule has 0 radical (unpaired) electrons. The Morgan fingerprint density at radius 2 is 0.915 bits per heavy atom. The van der Waals surface area contributed by atoms with Gasteiger partial charge in [0.2, 0.25) is 0 Å². The van der Waals surface area contributed by atoms with Gasteiger partial charge in [-0.25, -0.2) is 0 Å². The summed E-state index contributed by atoms with van der Waals surface area (Å²) in [6.07, 6.45) is 19.3. The molecule has 1 fully saturated rings. The fourth-order valence-electron chi connectivity index (χ4n) is 7.29. The third-order valence-electron chi connectivity index (χ3n) is 11.0. The lowest BCUT2D eigenvalue weighted by molar-refractivity contribution is 0.198. The lowest BCUT2D eigenvalue weighted by Gasteiger charge is -2.24. The van der Waals surface area contributed by atoms with Gasteiger partial charge in [0.15, 0.2) is 6.71 Å². The van der Waals surface area contributed by atoms with Gasteiger partial charge in [0, 0.05) is 24.3 Å². The van der Waals surface area contributed by atoms with E-state index < -0.39 is 0 Å². The van der Waals surface area contributed by atoms with Crippen molar-refractivity contribution in [1.29, 1.82) is 0 Å². The molecular weight excluding hydrogens is 710 g/mol. The molecule has 4 aromatic rings. The van der Waals surface area contributed by atoms with Crippen molar-refractivity contribution < 1.29 is 4.74 Å². The van der Waals surface area contributed by atoms with Gasteiger partial charge in [-0.15, -0.1) is 18.8 Å². The van der Waals surface area contributed by atoms with E-state index in [0.29, 0.717) is 42.2 Å². The normalized spacial score (nSPS) is 12.4. The molecule has 0 spiro atoms. The van der Waals surface area contributed by atoms with Crippen molar-refractivity contribution in [1.82, 2.24) is 0 Å². The first kappa shape index (κ1) is 50.7. The smallest absolute Gasteiger partial charge is 0.198 e. The number of rotatable bonds is 10. The molecule has 1 nitrogen and oxygen atoms in total. The van der Waals surface area contributed by atoms with Crippen LogP contribution in [0.15, 0.2) is 84.8 Å². The van der Waals surface area contributed by atoms with Crippen LogP contribution >= 0.6 is 0 Å². The van der Waals surface area contributed by atoms with E-state index in [1.807, 2.05) is 24.3 Å². The molecule has 5 rings (SSSR count). The van der Waals surface area contributed by atoms with E-state index in [2.05, 4.69) is 189 Å². The van der Waals surface area contributed by atoms with Gasteiger partial charge in [-0.05, 0) is 102 Å². The van der Waals surface area contributed by atoms with Crippen LogP contribution in [0.5, 0.6) is 0 Å². The number of allylic oxidation sites excluding steroid dienone is 1. The number of hydrogen-bond acceptors (Lipinski definition) is 1. The molecular formula is C56H76B2O. The van der Waals surface area contributed by atoms with Gasteiger partial charge >= 0.3 is 0 Å². The highest BCUT2D eigenvalue weighted by molar-refractivity contribution is 6.78. The topological polar surface area (TPSA) is 9.23 Å². The highest BCUT2D eigenvalue weighted by atomic mass is 16.5. The zero-order valence-corrected chi connectivity index (χ0v) is 39.7. The van der Waals surface area contributed by atoms with Crippen LogP contribution in [-0.2, 0) is 4.74 Å². The third kappa shape index (κ3) is 16.6. The van der Waals surface area contributed by atoms with Crippen LogP contribution in [0.25, 0.3) is 12.2 Å². The Balaban J connectivity index is 0.000000321. The van der Waals surface area contributed by atoms with E-state index in [-0.39, 0.29) is 0 Å². The molecule has 1 aliphatic heterocycles. The Bertz CT molecular complexity index is 1890. The largest absolute Gasteiger partial charge is 0.381 e. The van der Waals surface area contributed by atoms with Crippen LogP contribution in [0.4, 0.5) is 0 Å².